The molecule has 26 heavy (non-hydrogen) atoms. The summed E-state index contributed by atoms with van der Waals surface area (Å²) in [4.78, 5) is 14.3. The van der Waals surface area contributed by atoms with E-state index in [2.05, 4.69) is 30.8 Å². The van der Waals surface area contributed by atoms with E-state index in [-0.39, 0.29) is 10.8 Å². The summed E-state index contributed by atoms with van der Waals surface area (Å²) in [7, 11) is 2.03. The maximum Gasteiger partial charge on any atom is 0.222 e. The molecule has 0 unspecified atom stereocenters. The van der Waals surface area contributed by atoms with Gasteiger partial charge in [-0.2, -0.15) is 0 Å². The molecule has 0 spiro atoms. The minimum atomic E-state index is 0.274. The van der Waals surface area contributed by atoms with E-state index in [1.165, 1.54) is 32.1 Å². The number of nitrogens with zero attached hydrogens (tertiary/aromatic N) is 2. The van der Waals surface area contributed by atoms with E-state index >= 15 is 0 Å². The molecule has 8 atom stereocenters. The molecule has 4 nitrogen and oxygen atoms in total. The Bertz CT molecular complexity index is 632. The summed E-state index contributed by atoms with van der Waals surface area (Å²) < 4.78 is 0. The molecular formula is C22H36N2O2. The summed E-state index contributed by atoms with van der Waals surface area (Å²) in [5.41, 5.74) is 1.49. The third-order valence-electron chi connectivity index (χ3n) is 9.51. The predicted molar refractivity (Wildman–Crippen MR) is 103 cm³/mol. The second-order valence-corrected chi connectivity index (χ2v) is 10.5. The van der Waals surface area contributed by atoms with Gasteiger partial charge in [-0.3, -0.25) is 4.79 Å². The van der Waals surface area contributed by atoms with Gasteiger partial charge in [-0.1, -0.05) is 25.9 Å². The fraction of sp³-hybridized carbons (Fsp3) is 0.909. The van der Waals surface area contributed by atoms with Gasteiger partial charge in [0, 0.05) is 25.4 Å². The summed E-state index contributed by atoms with van der Waals surface area (Å²) in [6.45, 7) is 9.33. The monoisotopic (exact) mass is 360 g/mol. The van der Waals surface area contributed by atoms with E-state index in [0.29, 0.717) is 23.8 Å². The second kappa shape index (κ2) is 5.97. The Morgan fingerprint density at radius 3 is 2.58 bits per heavy atom. The van der Waals surface area contributed by atoms with E-state index < -0.39 is 0 Å². The molecule has 4 heteroatoms. The Morgan fingerprint density at radius 2 is 1.88 bits per heavy atom. The molecule has 0 radical (unpaired) electrons. The van der Waals surface area contributed by atoms with Crippen LogP contribution in [0, 0.1) is 40.4 Å². The Kier molecular flexibility index (Phi) is 4.20. The van der Waals surface area contributed by atoms with E-state index in [9.17, 15) is 10.0 Å². The zero-order valence-corrected chi connectivity index (χ0v) is 17.2. The summed E-state index contributed by atoms with van der Waals surface area (Å²) in [5.74, 6) is 3.61. The zero-order valence-electron chi connectivity index (χ0n) is 17.2. The van der Waals surface area contributed by atoms with Crippen LogP contribution in [0.15, 0.2) is 5.16 Å². The highest BCUT2D eigenvalue weighted by Crippen LogP contribution is 2.67. The lowest BCUT2D eigenvalue weighted by Gasteiger charge is -2.61. The molecule has 4 aliphatic rings. The van der Waals surface area contributed by atoms with Gasteiger partial charge in [0.15, 0.2) is 0 Å². The van der Waals surface area contributed by atoms with Crippen LogP contribution < -0.4 is 0 Å². The van der Waals surface area contributed by atoms with Crippen LogP contribution in [-0.4, -0.2) is 34.8 Å². The lowest BCUT2D eigenvalue weighted by Crippen LogP contribution is -2.61. The van der Waals surface area contributed by atoms with Gasteiger partial charge >= 0.3 is 0 Å². The Morgan fingerprint density at radius 1 is 1.15 bits per heavy atom. The number of rotatable bonds is 1. The van der Waals surface area contributed by atoms with Crippen LogP contribution in [0.4, 0.5) is 0 Å². The fourth-order valence-electron chi connectivity index (χ4n) is 8.47. The molecule has 0 aromatic rings. The lowest BCUT2D eigenvalue weighted by molar-refractivity contribution is -0.157. The summed E-state index contributed by atoms with van der Waals surface area (Å²) in [6, 6.07) is 0.435. The van der Waals surface area contributed by atoms with Crippen molar-refractivity contribution < 1.29 is 10.0 Å². The van der Waals surface area contributed by atoms with Crippen LogP contribution >= 0.6 is 0 Å². The van der Waals surface area contributed by atoms with Crippen molar-refractivity contribution in [3.05, 3.63) is 0 Å². The first-order valence-electron chi connectivity index (χ1n) is 10.7. The van der Waals surface area contributed by atoms with E-state index in [0.717, 1.165) is 36.3 Å². The molecule has 1 aliphatic heterocycles. The summed E-state index contributed by atoms with van der Waals surface area (Å²) in [5, 5.41) is 13.1. The molecule has 4 rings (SSSR count). The maximum absolute atomic E-state index is 12.3. The molecule has 1 N–H and O–H groups in total. The van der Waals surface area contributed by atoms with Gasteiger partial charge in [-0.05, 0) is 80.0 Å². The highest BCUT2D eigenvalue weighted by Gasteiger charge is 2.62. The Balaban J connectivity index is 1.66. The van der Waals surface area contributed by atoms with Gasteiger partial charge in [0.1, 0.15) is 0 Å². The lowest BCUT2D eigenvalue weighted by atomic mass is 9.46. The van der Waals surface area contributed by atoms with Gasteiger partial charge in [-0.15, -0.1) is 0 Å². The second-order valence-electron chi connectivity index (χ2n) is 10.5. The van der Waals surface area contributed by atoms with Gasteiger partial charge in [0.25, 0.3) is 0 Å². The number of likely N-dealkylation sites (tertiary alicyclic amines) is 1. The standard InChI is InChI=1S/C22H36N2O2/c1-13-12-17-15-6-7-18-21(3,11-9-19(25)24(18)5)16(15)8-10-22(17,4)20(13)14(2)23-26/h13,15-18,20,26H,6-12H2,1-5H3/t13-,15+,16-,17-,18+,20+,21+,22-/m0/s1. The molecule has 4 fully saturated rings. The molecule has 0 aromatic carbocycles. The molecule has 0 bridgehead atoms. The molecule has 3 aliphatic carbocycles. The number of oxime groups is 1. The smallest absolute Gasteiger partial charge is 0.222 e. The topological polar surface area (TPSA) is 52.9 Å². The van der Waals surface area contributed by atoms with Crippen molar-refractivity contribution in [2.75, 3.05) is 7.05 Å². The number of carbonyl (C=O) groups is 1. The van der Waals surface area contributed by atoms with Gasteiger partial charge < -0.3 is 10.1 Å². The van der Waals surface area contributed by atoms with E-state index in [1.54, 1.807) is 0 Å². The van der Waals surface area contributed by atoms with Crippen molar-refractivity contribution in [1.29, 1.82) is 0 Å². The van der Waals surface area contributed by atoms with Gasteiger partial charge in [-0.25, -0.2) is 0 Å². The third kappa shape index (κ3) is 2.26. The van der Waals surface area contributed by atoms with Crippen LogP contribution in [0.5, 0.6) is 0 Å². The first kappa shape index (κ1) is 18.3. The Labute approximate surface area is 158 Å². The van der Waals surface area contributed by atoms with Crippen molar-refractivity contribution in [2.24, 2.45) is 45.6 Å². The average molecular weight is 361 g/mol. The predicted octanol–water partition coefficient (Wildman–Crippen LogP) is 4.56. The Hall–Kier alpha value is -1.06. The number of fused-ring (bicyclic) bond motifs is 5. The first-order chi connectivity index (χ1) is 12.2. The maximum atomic E-state index is 12.3. The molecule has 0 aromatic heterocycles. The summed E-state index contributed by atoms with van der Waals surface area (Å²) in [6.07, 6.45) is 8.00. The number of hydrogen-bond acceptors (Lipinski definition) is 3. The summed E-state index contributed by atoms with van der Waals surface area (Å²) >= 11 is 0. The SMILES string of the molecule is CC(=NO)[C@H]1[C@@H](C)C[C@H]2[C@@H]3CC[C@H]4N(C)C(=O)CC[C@]4(C)[C@H]3CC[C@@]21C. The highest BCUT2D eigenvalue weighted by atomic mass is 16.4. The van der Waals surface area contributed by atoms with Crippen molar-refractivity contribution in [3.8, 4) is 0 Å². The van der Waals surface area contributed by atoms with Crippen LogP contribution in [0.1, 0.15) is 72.6 Å². The zero-order chi connectivity index (χ0) is 18.9. The normalized spacial score (nSPS) is 51.7. The molecule has 1 amide bonds. The van der Waals surface area contributed by atoms with Crippen LogP contribution in [0.3, 0.4) is 0 Å². The van der Waals surface area contributed by atoms with Crippen LogP contribution in [0.2, 0.25) is 0 Å². The highest BCUT2D eigenvalue weighted by molar-refractivity contribution is 5.85. The minimum absolute atomic E-state index is 0.274. The average Bonchev–Trinajstić information content (AvgIpc) is 2.88. The van der Waals surface area contributed by atoms with Crippen molar-refractivity contribution in [1.82, 2.24) is 4.90 Å². The first-order valence-corrected chi connectivity index (χ1v) is 10.7. The van der Waals surface area contributed by atoms with Crippen LogP contribution in [0.25, 0.3) is 0 Å². The fourth-order valence-corrected chi connectivity index (χ4v) is 8.47. The molecule has 1 saturated heterocycles. The van der Waals surface area contributed by atoms with Crippen molar-refractivity contribution in [2.45, 2.75) is 78.7 Å². The van der Waals surface area contributed by atoms with Gasteiger partial charge in [0.2, 0.25) is 5.91 Å². The number of amides is 1. The molecule has 146 valence electrons. The number of piperidine rings is 1. The third-order valence-corrected chi connectivity index (χ3v) is 9.51. The minimum Gasteiger partial charge on any atom is -0.411 e. The molecule has 1 heterocycles. The van der Waals surface area contributed by atoms with E-state index in [4.69, 9.17) is 0 Å². The van der Waals surface area contributed by atoms with E-state index in [1.807, 2.05) is 14.0 Å². The molecular weight excluding hydrogens is 324 g/mol. The van der Waals surface area contributed by atoms with Gasteiger partial charge in [0.05, 0.1) is 5.71 Å². The van der Waals surface area contributed by atoms with Crippen molar-refractivity contribution >= 4 is 11.6 Å². The number of carbonyl (C=O) groups excluding carboxylic acids is 1. The van der Waals surface area contributed by atoms with Crippen molar-refractivity contribution in [3.63, 3.8) is 0 Å². The van der Waals surface area contributed by atoms with Crippen LogP contribution in [-0.2, 0) is 4.79 Å². The quantitative estimate of drug-likeness (QED) is 0.423. The largest absolute Gasteiger partial charge is 0.411 e. The molecule has 3 saturated carbocycles. The number of hydrogen-bond donors (Lipinski definition) is 1.